The van der Waals surface area contributed by atoms with Crippen molar-refractivity contribution in [2.75, 3.05) is 7.11 Å². The number of hydrogen-bond donors (Lipinski definition) is 0. The summed E-state index contributed by atoms with van der Waals surface area (Å²) in [7, 11) is 1.36. The maximum Gasteiger partial charge on any atom is 0.337 e. The lowest BCUT2D eigenvalue weighted by molar-refractivity contribution is 0.0600. The van der Waals surface area contributed by atoms with Crippen LogP contribution in [0.3, 0.4) is 0 Å². The molecule has 0 bridgehead atoms. The van der Waals surface area contributed by atoms with E-state index in [0.29, 0.717) is 17.1 Å². The molecule has 0 radical (unpaired) electrons. The van der Waals surface area contributed by atoms with Crippen LogP contribution in [0.2, 0.25) is 5.02 Å². The van der Waals surface area contributed by atoms with Crippen LogP contribution in [0.5, 0.6) is 0 Å². The van der Waals surface area contributed by atoms with Gasteiger partial charge in [0.1, 0.15) is 0 Å². The van der Waals surface area contributed by atoms with Crippen molar-refractivity contribution >= 4 is 33.5 Å². The second-order valence-electron chi connectivity index (χ2n) is 3.65. The van der Waals surface area contributed by atoms with Crippen LogP contribution in [-0.4, -0.2) is 22.9 Å². The van der Waals surface area contributed by atoms with E-state index in [0.717, 1.165) is 10.0 Å². The molecule has 1 heterocycles. The summed E-state index contributed by atoms with van der Waals surface area (Å²) in [5, 5.41) is 4.69. The SMILES string of the molecule is COC(=O)c1ccc(Cn2cc(Cl)cn2)c(Br)c1. The third kappa shape index (κ3) is 2.91. The summed E-state index contributed by atoms with van der Waals surface area (Å²) in [5.41, 5.74) is 1.51. The third-order valence-electron chi connectivity index (χ3n) is 2.41. The van der Waals surface area contributed by atoms with Crippen LogP contribution in [0.25, 0.3) is 0 Å². The summed E-state index contributed by atoms with van der Waals surface area (Å²) < 4.78 is 7.21. The second kappa shape index (κ2) is 5.54. The summed E-state index contributed by atoms with van der Waals surface area (Å²) >= 11 is 9.22. The minimum absolute atomic E-state index is 0.357. The van der Waals surface area contributed by atoms with Crippen molar-refractivity contribution in [3.8, 4) is 0 Å². The highest BCUT2D eigenvalue weighted by Crippen LogP contribution is 2.20. The number of rotatable bonds is 3. The fourth-order valence-corrected chi connectivity index (χ4v) is 2.18. The molecule has 0 unspecified atom stereocenters. The van der Waals surface area contributed by atoms with Gasteiger partial charge in [-0.25, -0.2) is 4.79 Å². The first-order valence-electron chi connectivity index (χ1n) is 5.15. The number of benzene rings is 1. The van der Waals surface area contributed by atoms with Crippen molar-refractivity contribution in [3.63, 3.8) is 0 Å². The van der Waals surface area contributed by atoms with Gasteiger partial charge in [0.05, 0.1) is 30.4 Å². The molecule has 94 valence electrons. The van der Waals surface area contributed by atoms with Crippen molar-refractivity contribution in [2.45, 2.75) is 6.54 Å². The minimum Gasteiger partial charge on any atom is -0.465 e. The van der Waals surface area contributed by atoms with Crippen LogP contribution < -0.4 is 0 Å². The largest absolute Gasteiger partial charge is 0.465 e. The maximum atomic E-state index is 11.4. The molecule has 0 saturated carbocycles. The lowest BCUT2D eigenvalue weighted by atomic mass is 10.1. The monoisotopic (exact) mass is 328 g/mol. The van der Waals surface area contributed by atoms with Crippen LogP contribution >= 0.6 is 27.5 Å². The van der Waals surface area contributed by atoms with Crippen LogP contribution in [0.4, 0.5) is 0 Å². The Labute approximate surface area is 118 Å². The van der Waals surface area contributed by atoms with Crippen LogP contribution in [0.15, 0.2) is 35.1 Å². The predicted octanol–water partition coefficient (Wildman–Crippen LogP) is 3.13. The third-order valence-corrected chi connectivity index (χ3v) is 3.34. The van der Waals surface area contributed by atoms with Gasteiger partial charge in [0.15, 0.2) is 0 Å². The van der Waals surface area contributed by atoms with Gasteiger partial charge in [0.25, 0.3) is 0 Å². The van der Waals surface area contributed by atoms with E-state index in [1.54, 1.807) is 29.2 Å². The molecular weight excluding hydrogens is 320 g/mol. The van der Waals surface area contributed by atoms with E-state index in [4.69, 9.17) is 11.6 Å². The molecule has 0 fully saturated rings. The first kappa shape index (κ1) is 13.1. The normalized spacial score (nSPS) is 10.4. The highest BCUT2D eigenvalue weighted by molar-refractivity contribution is 9.10. The van der Waals surface area contributed by atoms with E-state index in [1.807, 2.05) is 6.07 Å². The van der Waals surface area contributed by atoms with Gasteiger partial charge in [-0.3, -0.25) is 4.68 Å². The molecule has 0 aliphatic rings. The van der Waals surface area contributed by atoms with E-state index >= 15 is 0 Å². The van der Waals surface area contributed by atoms with Gasteiger partial charge in [0.2, 0.25) is 0 Å². The number of carbonyl (C=O) groups is 1. The number of esters is 1. The van der Waals surface area contributed by atoms with Crippen molar-refractivity contribution in [3.05, 3.63) is 51.2 Å². The zero-order chi connectivity index (χ0) is 13.1. The Kier molecular flexibility index (Phi) is 4.04. The standard InChI is InChI=1S/C12H10BrClN2O2/c1-18-12(17)8-2-3-9(11(13)4-8)6-16-7-10(14)5-15-16/h2-5,7H,6H2,1H3. The van der Waals surface area contributed by atoms with Gasteiger partial charge in [-0.05, 0) is 17.7 Å². The number of carbonyl (C=O) groups excluding carboxylic acids is 1. The second-order valence-corrected chi connectivity index (χ2v) is 4.94. The Balaban J connectivity index is 2.22. The number of halogens is 2. The van der Waals surface area contributed by atoms with E-state index in [-0.39, 0.29) is 5.97 Å². The Bertz CT molecular complexity index is 583. The van der Waals surface area contributed by atoms with Gasteiger partial charge in [-0.15, -0.1) is 0 Å². The van der Waals surface area contributed by atoms with E-state index in [2.05, 4.69) is 25.8 Å². The molecule has 0 amide bonds. The number of hydrogen-bond acceptors (Lipinski definition) is 3. The molecule has 2 aromatic rings. The first-order valence-corrected chi connectivity index (χ1v) is 6.32. The minimum atomic E-state index is -0.357. The Morgan fingerprint density at radius 1 is 1.56 bits per heavy atom. The summed E-state index contributed by atoms with van der Waals surface area (Å²) in [6.45, 7) is 0.578. The average Bonchev–Trinajstić information content (AvgIpc) is 2.76. The first-order chi connectivity index (χ1) is 8.60. The van der Waals surface area contributed by atoms with Gasteiger partial charge in [-0.2, -0.15) is 5.10 Å². The zero-order valence-electron chi connectivity index (χ0n) is 9.56. The fraction of sp³-hybridized carbons (Fsp3) is 0.167. The quantitative estimate of drug-likeness (QED) is 0.813. The van der Waals surface area contributed by atoms with Gasteiger partial charge in [0, 0.05) is 10.7 Å². The molecule has 0 N–H and O–H groups in total. The number of nitrogens with zero attached hydrogens (tertiary/aromatic N) is 2. The summed E-state index contributed by atoms with van der Waals surface area (Å²) in [6, 6.07) is 5.30. The Morgan fingerprint density at radius 3 is 2.89 bits per heavy atom. The molecule has 1 aromatic carbocycles. The zero-order valence-corrected chi connectivity index (χ0v) is 11.9. The van der Waals surface area contributed by atoms with Crippen LogP contribution in [0, 0.1) is 0 Å². The highest BCUT2D eigenvalue weighted by atomic mass is 79.9. The molecule has 0 atom stereocenters. The van der Waals surface area contributed by atoms with Gasteiger partial charge < -0.3 is 4.74 Å². The van der Waals surface area contributed by atoms with E-state index < -0.39 is 0 Å². The molecular formula is C12H10BrClN2O2. The van der Waals surface area contributed by atoms with E-state index in [9.17, 15) is 4.79 Å². The number of aromatic nitrogens is 2. The topological polar surface area (TPSA) is 44.1 Å². The molecule has 0 aliphatic carbocycles. The maximum absolute atomic E-state index is 11.4. The Hall–Kier alpha value is -1.33. The number of ether oxygens (including phenoxy) is 1. The lowest BCUT2D eigenvalue weighted by Gasteiger charge is -2.06. The average molecular weight is 330 g/mol. The molecule has 2 rings (SSSR count). The van der Waals surface area contributed by atoms with Crippen LogP contribution in [0.1, 0.15) is 15.9 Å². The fourth-order valence-electron chi connectivity index (χ4n) is 1.52. The summed E-state index contributed by atoms with van der Waals surface area (Å²) in [5.74, 6) is -0.357. The van der Waals surface area contributed by atoms with Gasteiger partial charge in [-0.1, -0.05) is 33.6 Å². The molecule has 18 heavy (non-hydrogen) atoms. The van der Waals surface area contributed by atoms with Gasteiger partial charge >= 0.3 is 5.97 Å². The van der Waals surface area contributed by atoms with Crippen molar-refractivity contribution in [1.82, 2.24) is 9.78 Å². The summed E-state index contributed by atoms with van der Waals surface area (Å²) in [4.78, 5) is 11.4. The van der Waals surface area contributed by atoms with Crippen LogP contribution in [-0.2, 0) is 11.3 Å². The highest BCUT2D eigenvalue weighted by Gasteiger charge is 2.09. The molecule has 0 saturated heterocycles. The van der Waals surface area contributed by atoms with Crippen molar-refractivity contribution in [2.24, 2.45) is 0 Å². The van der Waals surface area contributed by atoms with Crippen molar-refractivity contribution < 1.29 is 9.53 Å². The lowest BCUT2D eigenvalue weighted by Crippen LogP contribution is -2.04. The Morgan fingerprint density at radius 2 is 2.33 bits per heavy atom. The molecule has 0 aliphatic heterocycles. The summed E-state index contributed by atoms with van der Waals surface area (Å²) in [6.07, 6.45) is 3.32. The molecule has 4 nitrogen and oxygen atoms in total. The molecule has 1 aromatic heterocycles. The number of methoxy groups -OCH3 is 1. The van der Waals surface area contributed by atoms with E-state index in [1.165, 1.54) is 7.11 Å². The predicted molar refractivity (Wildman–Crippen MR) is 71.8 cm³/mol. The van der Waals surface area contributed by atoms with Crippen molar-refractivity contribution in [1.29, 1.82) is 0 Å². The smallest absolute Gasteiger partial charge is 0.337 e. The molecule has 6 heteroatoms. The molecule has 0 spiro atoms.